The van der Waals surface area contributed by atoms with Crippen molar-refractivity contribution in [3.8, 4) is 5.75 Å². The number of para-hydroxylation sites is 1. The topological polar surface area (TPSA) is 68.5 Å². The minimum absolute atomic E-state index is 0. The largest absolute Gasteiger partial charge is 0.494 e. The fraction of sp³-hybridized carbons (Fsp3) is 0.333. The molecular formula is C15H20ClN3O2S. The molecule has 1 aromatic carbocycles. The molecule has 0 aliphatic heterocycles. The number of halogens is 1. The maximum absolute atomic E-state index is 12.1. The van der Waals surface area contributed by atoms with E-state index in [4.69, 9.17) is 10.5 Å². The number of amides is 1. The van der Waals surface area contributed by atoms with Crippen LogP contribution in [0, 0.1) is 0 Å². The van der Waals surface area contributed by atoms with Gasteiger partial charge in [-0.1, -0.05) is 18.2 Å². The Labute approximate surface area is 140 Å². The molecule has 2 N–H and O–H groups in total. The standard InChI is InChI=1S/C15H19N3O2S.ClH/c1-18(15(19)13-11-21-14(10-16)17-13)8-5-9-20-12-6-3-2-4-7-12;/h2-4,6-7,11H,5,8-10,16H2,1H3;1H. The van der Waals surface area contributed by atoms with E-state index in [9.17, 15) is 4.79 Å². The highest BCUT2D eigenvalue weighted by Gasteiger charge is 2.14. The Hall–Kier alpha value is -1.63. The van der Waals surface area contributed by atoms with Crippen molar-refractivity contribution >= 4 is 29.7 Å². The van der Waals surface area contributed by atoms with Gasteiger partial charge in [0.1, 0.15) is 16.5 Å². The number of thiazole rings is 1. The molecule has 0 bridgehead atoms. The van der Waals surface area contributed by atoms with Gasteiger partial charge in [-0.15, -0.1) is 23.7 Å². The van der Waals surface area contributed by atoms with E-state index in [-0.39, 0.29) is 18.3 Å². The zero-order valence-electron chi connectivity index (χ0n) is 12.4. The zero-order chi connectivity index (χ0) is 15.1. The molecule has 1 heterocycles. The molecule has 2 rings (SSSR count). The van der Waals surface area contributed by atoms with Crippen molar-refractivity contribution in [3.63, 3.8) is 0 Å². The van der Waals surface area contributed by atoms with Gasteiger partial charge >= 0.3 is 0 Å². The van der Waals surface area contributed by atoms with Crippen LogP contribution in [0.25, 0.3) is 0 Å². The SMILES string of the molecule is CN(CCCOc1ccccc1)C(=O)c1csc(CN)n1.Cl. The highest BCUT2D eigenvalue weighted by Crippen LogP contribution is 2.11. The van der Waals surface area contributed by atoms with Gasteiger partial charge in [-0.25, -0.2) is 4.98 Å². The maximum atomic E-state index is 12.1. The van der Waals surface area contributed by atoms with Crippen LogP contribution in [0.15, 0.2) is 35.7 Å². The lowest BCUT2D eigenvalue weighted by Gasteiger charge is -2.16. The molecule has 2 aromatic rings. The average Bonchev–Trinajstić information content (AvgIpc) is 3.00. The average molecular weight is 342 g/mol. The molecule has 120 valence electrons. The van der Waals surface area contributed by atoms with E-state index < -0.39 is 0 Å². The Balaban J connectivity index is 0.00000242. The molecule has 0 atom stereocenters. The first-order chi connectivity index (χ1) is 10.2. The van der Waals surface area contributed by atoms with E-state index in [1.54, 1.807) is 17.3 Å². The van der Waals surface area contributed by atoms with Crippen LogP contribution >= 0.6 is 23.7 Å². The summed E-state index contributed by atoms with van der Waals surface area (Å²) in [6, 6.07) is 9.64. The first-order valence-corrected chi connectivity index (χ1v) is 7.66. The van der Waals surface area contributed by atoms with E-state index in [2.05, 4.69) is 4.98 Å². The van der Waals surface area contributed by atoms with E-state index in [1.165, 1.54) is 11.3 Å². The lowest BCUT2D eigenvalue weighted by Crippen LogP contribution is -2.29. The molecule has 0 saturated heterocycles. The van der Waals surface area contributed by atoms with Gasteiger partial charge in [-0.2, -0.15) is 0 Å². The monoisotopic (exact) mass is 341 g/mol. The Morgan fingerprint density at radius 3 is 2.73 bits per heavy atom. The molecule has 7 heteroatoms. The van der Waals surface area contributed by atoms with Gasteiger partial charge in [-0.05, 0) is 18.6 Å². The van der Waals surface area contributed by atoms with Crippen molar-refractivity contribution < 1.29 is 9.53 Å². The van der Waals surface area contributed by atoms with Crippen molar-refractivity contribution in [2.24, 2.45) is 5.73 Å². The summed E-state index contributed by atoms with van der Waals surface area (Å²) in [6.45, 7) is 1.57. The second kappa shape index (κ2) is 9.40. The summed E-state index contributed by atoms with van der Waals surface area (Å²) in [5, 5.41) is 2.53. The van der Waals surface area contributed by atoms with Gasteiger partial charge in [0, 0.05) is 25.5 Å². The van der Waals surface area contributed by atoms with Crippen LogP contribution in [0.1, 0.15) is 21.9 Å². The molecule has 0 saturated carbocycles. The lowest BCUT2D eigenvalue weighted by atomic mass is 10.3. The Morgan fingerprint density at radius 2 is 2.09 bits per heavy atom. The first kappa shape index (κ1) is 18.4. The van der Waals surface area contributed by atoms with Gasteiger partial charge in [0.15, 0.2) is 0 Å². The quantitative estimate of drug-likeness (QED) is 0.786. The molecule has 1 amide bonds. The van der Waals surface area contributed by atoms with Crippen molar-refractivity contribution in [1.82, 2.24) is 9.88 Å². The van der Waals surface area contributed by atoms with E-state index in [1.807, 2.05) is 30.3 Å². The molecule has 0 spiro atoms. The summed E-state index contributed by atoms with van der Waals surface area (Å²) in [4.78, 5) is 18.0. The number of nitrogens with zero attached hydrogens (tertiary/aromatic N) is 2. The molecule has 1 aromatic heterocycles. The van der Waals surface area contributed by atoms with Crippen LogP contribution < -0.4 is 10.5 Å². The second-order valence-electron chi connectivity index (χ2n) is 4.57. The van der Waals surface area contributed by atoms with Crippen molar-refractivity contribution in [2.45, 2.75) is 13.0 Å². The summed E-state index contributed by atoms with van der Waals surface area (Å²) >= 11 is 1.41. The minimum atomic E-state index is -0.0781. The molecule has 0 fully saturated rings. The summed E-state index contributed by atoms with van der Waals surface area (Å²) in [5.41, 5.74) is 5.96. The summed E-state index contributed by atoms with van der Waals surface area (Å²) < 4.78 is 5.60. The Bertz CT molecular complexity index is 577. The number of nitrogens with two attached hydrogens (primary N) is 1. The third-order valence-corrected chi connectivity index (χ3v) is 3.81. The number of benzene rings is 1. The highest BCUT2D eigenvalue weighted by molar-refractivity contribution is 7.09. The lowest BCUT2D eigenvalue weighted by molar-refractivity contribution is 0.0782. The van der Waals surface area contributed by atoms with Crippen molar-refractivity contribution in [3.05, 3.63) is 46.4 Å². The number of hydrogen-bond acceptors (Lipinski definition) is 5. The Morgan fingerprint density at radius 1 is 1.36 bits per heavy atom. The minimum Gasteiger partial charge on any atom is -0.494 e. The van der Waals surface area contributed by atoms with E-state index in [0.29, 0.717) is 25.4 Å². The van der Waals surface area contributed by atoms with Crippen LogP contribution in [-0.2, 0) is 6.54 Å². The summed E-state index contributed by atoms with van der Waals surface area (Å²) in [6.07, 6.45) is 0.769. The third kappa shape index (κ3) is 5.29. The number of hydrogen-bond donors (Lipinski definition) is 1. The molecule has 22 heavy (non-hydrogen) atoms. The van der Waals surface area contributed by atoms with Gasteiger partial charge < -0.3 is 15.4 Å². The predicted molar refractivity (Wildman–Crippen MR) is 90.8 cm³/mol. The van der Waals surface area contributed by atoms with Crippen LogP contribution in [0.4, 0.5) is 0 Å². The van der Waals surface area contributed by atoms with Crippen molar-refractivity contribution in [2.75, 3.05) is 20.2 Å². The number of aromatic nitrogens is 1. The molecule has 0 aliphatic rings. The normalized spacial score (nSPS) is 9.91. The van der Waals surface area contributed by atoms with Gasteiger partial charge in [0.05, 0.1) is 6.61 Å². The van der Waals surface area contributed by atoms with Crippen LogP contribution in [0.5, 0.6) is 5.75 Å². The molecule has 0 radical (unpaired) electrons. The highest BCUT2D eigenvalue weighted by atomic mass is 35.5. The smallest absolute Gasteiger partial charge is 0.273 e. The molecule has 0 aliphatic carbocycles. The summed E-state index contributed by atoms with van der Waals surface area (Å²) in [5.74, 6) is 0.768. The summed E-state index contributed by atoms with van der Waals surface area (Å²) in [7, 11) is 1.77. The van der Waals surface area contributed by atoms with Crippen molar-refractivity contribution in [1.29, 1.82) is 0 Å². The number of carbonyl (C=O) groups excluding carboxylic acids is 1. The van der Waals surface area contributed by atoms with Gasteiger partial charge in [-0.3, -0.25) is 4.79 Å². The fourth-order valence-corrected chi connectivity index (χ4v) is 2.46. The number of ether oxygens (including phenoxy) is 1. The number of rotatable bonds is 7. The zero-order valence-corrected chi connectivity index (χ0v) is 14.0. The van der Waals surface area contributed by atoms with Gasteiger partial charge in [0.25, 0.3) is 5.91 Å². The number of carbonyl (C=O) groups is 1. The van der Waals surface area contributed by atoms with Crippen LogP contribution in [0.2, 0.25) is 0 Å². The van der Waals surface area contributed by atoms with E-state index >= 15 is 0 Å². The predicted octanol–water partition coefficient (Wildman–Crippen LogP) is 2.56. The molecule has 5 nitrogen and oxygen atoms in total. The van der Waals surface area contributed by atoms with E-state index in [0.717, 1.165) is 17.2 Å². The molecular weight excluding hydrogens is 322 g/mol. The van der Waals surface area contributed by atoms with Crippen LogP contribution in [-0.4, -0.2) is 36.0 Å². The first-order valence-electron chi connectivity index (χ1n) is 6.78. The maximum Gasteiger partial charge on any atom is 0.273 e. The Kier molecular flexibility index (Phi) is 7.87. The fourth-order valence-electron chi connectivity index (χ4n) is 1.81. The van der Waals surface area contributed by atoms with Gasteiger partial charge in [0.2, 0.25) is 0 Å². The van der Waals surface area contributed by atoms with Crippen LogP contribution in [0.3, 0.4) is 0 Å². The third-order valence-electron chi connectivity index (χ3n) is 2.94. The second-order valence-corrected chi connectivity index (χ2v) is 5.52. The molecule has 0 unspecified atom stereocenters.